The van der Waals surface area contributed by atoms with E-state index in [0.717, 1.165) is 52.2 Å². The number of anilines is 1. The first-order valence-electron chi connectivity index (χ1n) is 16.2. The molecule has 0 aliphatic heterocycles. The van der Waals surface area contributed by atoms with E-state index >= 15 is 0 Å². The second kappa shape index (κ2) is 15.6. The van der Waals surface area contributed by atoms with Gasteiger partial charge < -0.3 is 10.2 Å². The maximum atomic E-state index is 14.7. The van der Waals surface area contributed by atoms with E-state index in [-0.39, 0.29) is 29.8 Å². The van der Waals surface area contributed by atoms with Crippen LogP contribution in [-0.2, 0) is 32.6 Å². The van der Waals surface area contributed by atoms with Gasteiger partial charge in [0.05, 0.1) is 10.6 Å². The first-order valence-corrected chi connectivity index (χ1v) is 18.4. The molecule has 5 rings (SSSR count). The molecule has 252 valence electrons. The van der Waals surface area contributed by atoms with Crippen molar-refractivity contribution in [3.05, 3.63) is 129 Å². The summed E-state index contributed by atoms with van der Waals surface area (Å²) in [5.41, 5.74) is 4.58. The minimum absolute atomic E-state index is 0.0146. The summed E-state index contributed by atoms with van der Waals surface area (Å²) < 4.78 is 29.8. The Kier molecular flexibility index (Phi) is 11.5. The molecule has 0 aromatic heterocycles. The van der Waals surface area contributed by atoms with Gasteiger partial charge in [0.1, 0.15) is 12.6 Å². The molecule has 48 heavy (non-hydrogen) atoms. The number of carbonyl (C=O) groups is 2. The Morgan fingerprint density at radius 2 is 1.54 bits per heavy atom. The molecule has 10 heteroatoms. The van der Waals surface area contributed by atoms with Crippen LogP contribution in [-0.4, -0.2) is 43.8 Å². The molecule has 1 saturated carbocycles. The van der Waals surface area contributed by atoms with Gasteiger partial charge in [-0.15, -0.1) is 0 Å². The Morgan fingerprint density at radius 1 is 0.854 bits per heavy atom. The highest BCUT2D eigenvalue weighted by atomic mass is 35.5. The molecule has 1 fully saturated rings. The van der Waals surface area contributed by atoms with Crippen molar-refractivity contribution in [2.45, 2.75) is 76.4 Å². The standard InChI is InChI=1S/C38H41Cl2N3O4S/c1-26-13-19-34(20-14-26)48(46,47)43(33-18-15-27(2)28(3)21-33)25-37(44)42(24-30-16-17-31(39)23-35(30)40)36(22-29-9-5-4-6-10-29)38(45)41-32-11-7-8-12-32/h4-6,9-10,13-21,23,32,36H,7-8,11-12,22,24-25H2,1-3H3,(H,41,45)/t36-/m1/s1. The molecule has 0 heterocycles. The van der Waals surface area contributed by atoms with Crippen LogP contribution in [0, 0.1) is 20.8 Å². The average molecular weight is 707 g/mol. The van der Waals surface area contributed by atoms with E-state index in [1.165, 1.54) is 4.90 Å². The van der Waals surface area contributed by atoms with Gasteiger partial charge in [0.25, 0.3) is 10.0 Å². The van der Waals surface area contributed by atoms with E-state index in [2.05, 4.69) is 5.32 Å². The molecule has 1 atom stereocenters. The fourth-order valence-electron chi connectivity index (χ4n) is 6.00. The Labute approximate surface area is 293 Å². The molecule has 0 saturated heterocycles. The quantitative estimate of drug-likeness (QED) is 0.163. The van der Waals surface area contributed by atoms with Gasteiger partial charge in [-0.3, -0.25) is 13.9 Å². The van der Waals surface area contributed by atoms with Crippen LogP contribution in [0.4, 0.5) is 5.69 Å². The van der Waals surface area contributed by atoms with Gasteiger partial charge in [-0.05, 0) is 92.3 Å². The Bertz CT molecular complexity index is 1860. The second-order valence-electron chi connectivity index (χ2n) is 12.5. The number of nitrogens with zero attached hydrogens (tertiary/aromatic N) is 2. The van der Waals surface area contributed by atoms with E-state index in [4.69, 9.17) is 23.2 Å². The highest BCUT2D eigenvalue weighted by Crippen LogP contribution is 2.29. The molecule has 1 N–H and O–H groups in total. The van der Waals surface area contributed by atoms with Gasteiger partial charge in [-0.25, -0.2) is 8.42 Å². The molecule has 1 aliphatic carbocycles. The Morgan fingerprint density at radius 3 is 2.19 bits per heavy atom. The fraction of sp³-hybridized carbons (Fsp3) is 0.316. The van der Waals surface area contributed by atoms with E-state index in [0.29, 0.717) is 21.3 Å². The summed E-state index contributed by atoms with van der Waals surface area (Å²) in [4.78, 5) is 30.4. The molecule has 7 nitrogen and oxygen atoms in total. The summed E-state index contributed by atoms with van der Waals surface area (Å²) in [7, 11) is -4.20. The van der Waals surface area contributed by atoms with Crippen LogP contribution in [0.15, 0.2) is 95.9 Å². The van der Waals surface area contributed by atoms with Crippen molar-refractivity contribution < 1.29 is 18.0 Å². The number of halogens is 2. The topological polar surface area (TPSA) is 86.8 Å². The van der Waals surface area contributed by atoms with Crippen molar-refractivity contribution in [1.82, 2.24) is 10.2 Å². The maximum Gasteiger partial charge on any atom is 0.264 e. The molecule has 0 bridgehead atoms. The van der Waals surface area contributed by atoms with Crippen LogP contribution < -0.4 is 9.62 Å². The van der Waals surface area contributed by atoms with Crippen molar-refractivity contribution in [3.8, 4) is 0 Å². The average Bonchev–Trinajstić information content (AvgIpc) is 3.57. The van der Waals surface area contributed by atoms with E-state index < -0.39 is 28.5 Å². The third-order valence-electron chi connectivity index (χ3n) is 8.99. The first kappa shape index (κ1) is 35.5. The molecule has 0 spiro atoms. The van der Waals surface area contributed by atoms with Crippen LogP contribution >= 0.6 is 23.2 Å². The number of hydrogen-bond donors (Lipinski definition) is 1. The second-order valence-corrected chi connectivity index (χ2v) is 15.3. The highest BCUT2D eigenvalue weighted by molar-refractivity contribution is 7.92. The molecule has 1 aliphatic rings. The van der Waals surface area contributed by atoms with Crippen LogP contribution in [0.5, 0.6) is 0 Å². The summed E-state index contributed by atoms with van der Waals surface area (Å²) in [6.07, 6.45) is 4.02. The number of benzene rings is 4. The fourth-order valence-corrected chi connectivity index (χ4v) is 7.88. The maximum absolute atomic E-state index is 14.7. The lowest BCUT2D eigenvalue weighted by Gasteiger charge is -2.34. The van der Waals surface area contributed by atoms with Crippen LogP contribution in [0.1, 0.15) is 53.5 Å². The van der Waals surface area contributed by atoms with Gasteiger partial charge in [0, 0.05) is 29.1 Å². The normalized spacial score (nSPS) is 14.0. The molecule has 4 aromatic rings. The third-order valence-corrected chi connectivity index (χ3v) is 11.4. The van der Waals surface area contributed by atoms with Crippen LogP contribution in [0.2, 0.25) is 10.0 Å². The number of hydrogen-bond acceptors (Lipinski definition) is 4. The van der Waals surface area contributed by atoms with Crippen molar-refractivity contribution in [2.24, 2.45) is 0 Å². The smallest absolute Gasteiger partial charge is 0.264 e. The van der Waals surface area contributed by atoms with Crippen molar-refractivity contribution >= 4 is 50.7 Å². The lowest BCUT2D eigenvalue weighted by atomic mass is 10.0. The monoisotopic (exact) mass is 705 g/mol. The minimum atomic E-state index is -4.20. The van der Waals surface area contributed by atoms with E-state index in [9.17, 15) is 18.0 Å². The predicted octanol–water partition coefficient (Wildman–Crippen LogP) is 7.81. The number of aryl methyl sites for hydroxylation is 3. The van der Waals surface area contributed by atoms with Gasteiger partial charge in [-0.2, -0.15) is 0 Å². The largest absolute Gasteiger partial charge is 0.352 e. The van der Waals surface area contributed by atoms with Crippen molar-refractivity contribution in [3.63, 3.8) is 0 Å². The Balaban J connectivity index is 1.59. The summed E-state index contributed by atoms with van der Waals surface area (Å²) in [5, 5.41) is 3.96. The molecule has 2 amide bonds. The zero-order valence-corrected chi connectivity index (χ0v) is 29.8. The minimum Gasteiger partial charge on any atom is -0.352 e. The number of nitrogens with one attached hydrogen (secondary N) is 1. The zero-order chi connectivity index (χ0) is 34.4. The first-order chi connectivity index (χ1) is 22.9. The van der Waals surface area contributed by atoms with Gasteiger partial charge in [0.15, 0.2) is 0 Å². The Hall–Kier alpha value is -3.85. The molecule has 4 aromatic carbocycles. The summed E-state index contributed by atoms with van der Waals surface area (Å²) >= 11 is 12.8. The molecular formula is C38H41Cl2N3O4S. The lowest BCUT2D eigenvalue weighted by molar-refractivity contribution is -0.140. The van der Waals surface area contributed by atoms with Crippen molar-refractivity contribution in [1.29, 1.82) is 0 Å². The van der Waals surface area contributed by atoms with Gasteiger partial charge in [-0.1, -0.05) is 96.2 Å². The van der Waals surface area contributed by atoms with E-state index in [1.54, 1.807) is 54.6 Å². The lowest BCUT2D eigenvalue weighted by Crippen LogP contribution is -2.54. The SMILES string of the molecule is Cc1ccc(S(=O)(=O)N(CC(=O)N(Cc2ccc(Cl)cc2Cl)[C@H](Cc2ccccc2)C(=O)NC2CCCC2)c2ccc(C)c(C)c2)cc1. The van der Waals surface area contributed by atoms with Crippen LogP contribution in [0.3, 0.4) is 0 Å². The summed E-state index contributed by atoms with van der Waals surface area (Å²) in [6, 6.07) is 25.4. The van der Waals surface area contributed by atoms with E-state index in [1.807, 2.05) is 57.2 Å². The molecular weight excluding hydrogens is 665 g/mol. The van der Waals surface area contributed by atoms with Gasteiger partial charge in [0.2, 0.25) is 11.8 Å². The van der Waals surface area contributed by atoms with Crippen molar-refractivity contribution in [2.75, 3.05) is 10.8 Å². The summed E-state index contributed by atoms with van der Waals surface area (Å²) in [6.45, 7) is 5.15. The summed E-state index contributed by atoms with van der Waals surface area (Å²) in [5.74, 6) is -0.833. The number of rotatable bonds is 12. The predicted molar refractivity (Wildman–Crippen MR) is 193 cm³/mol. The molecule has 0 radical (unpaired) electrons. The number of sulfonamides is 1. The number of amides is 2. The van der Waals surface area contributed by atoms with Crippen LogP contribution in [0.25, 0.3) is 0 Å². The third kappa shape index (κ3) is 8.59. The zero-order valence-electron chi connectivity index (χ0n) is 27.5. The number of carbonyl (C=O) groups excluding carboxylic acids is 2. The highest BCUT2D eigenvalue weighted by Gasteiger charge is 2.36. The van der Waals surface area contributed by atoms with Gasteiger partial charge >= 0.3 is 0 Å². The molecule has 0 unspecified atom stereocenters.